The van der Waals surface area contributed by atoms with Gasteiger partial charge in [-0.05, 0) is 13.0 Å². The molecule has 0 radical (unpaired) electrons. The molecule has 2 rings (SSSR count). The van der Waals surface area contributed by atoms with Crippen molar-refractivity contribution in [1.82, 2.24) is 9.97 Å². The van der Waals surface area contributed by atoms with E-state index in [9.17, 15) is 10.2 Å². The molecule has 1 aromatic heterocycles. The third kappa shape index (κ3) is 2.04. The summed E-state index contributed by atoms with van der Waals surface area (Å²) in [7, 11) is 0. The quantitative estimate of drug-likeness (QED) is 0.740. The molecule has 0 amide bonds. The summed E-state index contributed by atoms with van der Waals surface area (Å²) < 4.78 is 0. The Balaban J connectivity index is 2.54. The smallest absolute Gasteiger partial charge is 0.218 e. The zero-order chi connectivity index (χ0) is 10.8. The molecule has 4 nitrogen and oxygen atoms in total. The molecule has 0 saturated carbocycles. The summed E-state index contributed by atoms with van der Waals surface area (Å²) in [4.78, 5) is 7.66. The highest BCUT2D eigenvalue weighted by Crippen LogP contribution is 2.21. The molecule has 0 fully saturated rings. The van der Waals surface area contributed by atoms with Crippen LogP contribution in [0.25, 0.3) is 11.4 Å². The summed E-state index contributed by atoms with van der Waals surface area (Å²) in [5, 5.41) is 18.4. The van der Waals surface area contributed by atoms with Gasteiger partial charge in [0.15, 0.2) is 5.82 Å². The molecule has 0 aliphatic heterocycles. The number of aryl methyl sites for hydroxylation is 1. The topological polar surface area (TPSA) is 66.2 Å². The highest BCUT2D eigenvalue weighted by molar-refractivity contribution is 5.57. The van der Waals surface area contributed by atoms with Gasteiger partial charge in [-0.15, -0.1) is 0 Å². The van der Waals surface area contributed by atoms with Gasteiger partial charge in [0.05, 0.1) is 6.07 Å². The molecule has 76 valence electrons. The largest absolute Gasteiger partial charge is 0.493 e. The fourth-order valence-corrected chi connectivity index (χ4v) is 1.34. The highest BCUT2D eigenvalue weighted by atomic mass is 16.3. The Bertz CT molecular complexity index is 477. The van der Waals surface area contributed by atoms with E-state index in [2.05, 4.69) is 9.97 Å². The van der Waals surface area contributed by atoms with Gasteiger partial charge in [0, 0.05) is 5.56 Å². The van der Waals surface area contributed by atoms with E-state index in [1.165, 1.54) is 0 Å². The van der Waals surface area contributed by atoms with Gasteiger partial charge in [-0.1, -0.05) is 23.8 Å². The van der Waals surface area contributed by atoms with Gasteiger partial charge in [-0.2, -0.15) is 9.97 Å². The Morgan fingerprint density at radius 3 is 2.27 bits per heavy atom. The van der Waals surface area contributed by atoms with Crippen molar-refractivity contribution in [3.05, 3.63) is 35.9 Å². The average Bonchev–Trinajstić information content (AvgIpc) is 2.16. The number of hydrogen-bond donors (Lipinski definition) is 2. The summed E-state index contributed by atoms with van der Waals surface area (Å²) in [6.45, 7) is 1.95. The minimum Gasteiger partial charge on any atom is -0.493 e. The van der Waals surface area contributed by atoms with Gasteiger partial charge >= 0.3 is 0 Å². The first kappa shape index (κ1) is 9.45. The molecule has 0 atom stereocenters. The van der Waals surface area contributed by atoms with E-state index in [0.717, 1.165) is 17.2 Å². The van der Waals surface area contributed by atoms with Crippen molar-refractivity contribution in [2.45, 2.75) is 6.92 Å². The van der Waals surface area contributed by atoms with Crippen LogP contribution in [0.15, 0.2) is 30.3 Å². The molecule has 0 aliphatic carbocycles. The highest BCUT2D eigenvalue weighted by Gasteiger charge is 2.05. The number of nitrogens with zero attached hydrogens (tertiary/aromatic N) is 2. The maximum Gasteiger partial charge on any atom is 0.218 e. The minimum atomic E-state index is -0.237. The molecule has 1 heterocycles. The number of hydrogen-bond acceptors (Lipinski definition) is 4. The van der Waals surface area contributed by atoms with Crippen molar-refractivity contribution in [3.63, 3.8) is 0 Å². The van der Waals surface area contributed by atoms with Crippen molar-refractivity contribution in [2.24, 2.45) is 0 Å². The lowest BCUT2D eigenvalue weighted by atomic mass is 10.1. The van der Waals surface area contributed by atoms with Crippen LogP contribution in [0.4, 0.5) is 0 Å². The lowest BCUT2D eigenvalue weighted by Crippen LogP contribution is -1.89. The van der Waals surface area contributed by atoms with E-state index in [-0.39, 0.29) is 11.8 Å². The second-order valence-corrected chi connectivity index (χ2v) is 3.28. The van der Waals surface area contributed by atoms with Crippen molar-refractivity contribution in [1.29, 1.82) is 0 Å². The first-order chi connectivity index (χ1) is 7.15. The number of aromatic hydroxyl groups is 2. The van der Waals surface area contributed by atoms with Crippen LogP contribution in [-0.2, 0) is 0 Å². The normalized spacial score (nSPS) is 10.2. The molecular formula is C11H10N2O2. The van der Waals surface area contributed by atoms with Gasteiger partial charge in [0.25, 0.3) is 0 Å². The van der Waals surface area contributed by atoms with Crippen molar-refractivity contribution >= 4 is 0 Å². The molecular weight excluding hydrogens is 192 g/mol. The molecule has 0 unspecified atom stereocenters. The van der Waals surface area contributed by atoms with Crippen molar-refractivity contribution in [3.8, 4) is 23.1 Å². The van der Waals surface area contributed by atoms with Gasteiger partial charge in [-0.3, -0.25) is 0 Å². The van der Waals surface area contributed by atoms with Crippen LogP contribution in [0, 0.1) is 6.92 Å². The fourth-order valence-electron chi connectivity index (χ4n) is 1.34. The van der Waals surface area contributed by atoms with Crippen molar-refractivity contribution < 1.29 is 10.2 Å². The number of aromatic nitrogens is 2. The fraction of sp³-hybridized carbons (Fsp3) is 0.0909. The van der Waals surface area contributed by atoms with E-state index in [0.29, 0.717) is 5.82 Å². The van der Waals surface area contributed by atoms with E-state index in [1.54, 1.807) is 0 Å². The second kappa shape index (κ2) is 3.57. The van der Waals surface area contributed by atoms with E-state index in [4.69, 9.17) is 0 Å². The Labute approximate surface area is 86.9 Å². The zero-order valence-electron chi connectivity index (χ0n) is 8.18. The average molecular weight is 202 g/mol. The maximum absolute atomic E-state index is 9.21. The summed E-state index contributed by atoms with van der Waals surface area (Å²) in [5.74, 6) is -0.158. The summed E-state index contributed by atoms with van der Waals surface area (Å²) in [5.41, 5.74) is 1.83. The van der Waals surface area contributed by atoms with Crippen LogP contribution < -0.4 is 0 Å². The monoisotopic (exact) mass is 202 g/mol. The molecule has 1 aromatic carbocycles. The number of benzene rings is 1. The van der Waals surface area contributed by atoms with Crippen LogP contribution >= 0.6 is 0 Å². The van der Waals surface area contributed by atoms with Gasteiger partial charge in [0.2, 0.25) is 11.8 Å². The van der Waals surface area contributed by atoms with E-state index >= 15 is 0 Å². The summed E-state index contributed by atoms with van der Waals surface area (Å²) >= 11 is 0. The Kier molecular flexibility index (Phi) is 2.25. The van der Waals surface area contributed by atoms with E-state index in [1.807, 2.05) is 31.2 Å². The molecule has 2 N–H and O–H groups in total. The molecule has 0 aliphatic rings. The van der Waals surface area contributed by atoms with Gasteiger partial charge < -0.3 is 10.2 Å². The predicted molar refractivity (Wildman–Crippen MR) is 55.5 cm³/mol. The van der Waals surface area contributed by atoms with Crippen LogP contribution in [0.5, 0.6) is 11.8 Å². The third-order valence-electron chi connectivity index (χ3n) is 1.98. The first-order valence-electron chi connectivity index (χ1n) is 4.49. The minimum absolute atomic E-state index is 0.237. The third-order valence-corrected chi connectivity index (χ3v) is 1.98. The first-order valence-corrected chi connectivity index (χ1v) is 4.49. The Hall–Kier alpha value is -2.10. The number of rotatable bonds is 1. The molecule has 15 heavy (non-hydrogen) atoms. The maximum atomic E-state index is 9.21. The standard InChI is InChI=1S/C11H10N2O2/c1-7-3-2-4-8(5-7)11-12-9(14)6-10(15)13-11/h2-6H,1H3,(H2,12,13,14,15). The van der Waals surface area contributed by atoms with Crippen LogP contribution in [0.1, 0.15) is 5.56 Å². The van der Waals surface area contributed by atoms with Crippen molar-refractivity contribution in [2.75, 3.05) is 0 Å². The second-order valence-electron chi connectivity index (χ2n) is 3.28. The lowest BCUT2D eigenvalue weighted by molar-refractivity contribution is 0.423. The molecule has 4 heteroatoms. The Morgan fingerprint density at radius 1 is 1.00 bits per heavy atom. The van der Waals surface area contributed by atoms with Gasteiger partial charge in [-0.25, -0.2) is 0 Å². The molecule has 0 saturated heterocycles. The molecule has 0 spiro atoms. The predicted octanol–water partition coefficient (Wildman–Crippen LogP) is 1.86. The summed E-state index contributed by atoms with van der Waals surface area (Å²) in [6.07, 6.45) is 0. The van der Waals surface area contributed by atoms with Crippen LogP contribution in [0.2, 0.25) is 0 Å². The van der Waals surface area contributed by atoms with E-state index < -0.39 is 0 Å². The van der Waals surface area contributed by atoms with Gasteiger partial charge in [0.1, 0.15) is 0 Å². The SMILES string of the molecule is Cc1cccc(-c2nc(O)cc(O)n2)c1. The molecule has 0 bridgehead atoms. The van der Waals surface area contributed by atoms with Crippen LogP contribution in [-0.4, -0.2) is 20.2 Å². The zero-order valence-corrected chi connectivity index (χ0v) is 8.18. The Morgan fingerprint density at radius 2 is 1.67 bits per heavy atom. The molecule has 2 aromatic rings. The lowest BCUT2D eigenvalue weighted by Gasteiger charge is -2.02. The van der Waals surface area contributed by atoms with Crippen LogP contribution in [0.3, 0.4) is 0 Å². The summed E-state index contributed by atoms with van der Waals surface area (Å²) in [6, 6.07) is 8.62.